The summed E-state index contributed by atoms with van der Waals surface area (Å²) in [7, 11) is 0. The van der Waals surface area contributed by atoms with Gasteiger partial charge in [-0.05, 0) is 19.4 Å². The molecule has 0 aliphatic heterocycles. The molecule has 0 unspecified atom stereocenters. The molecule has 0 aromatic heterocycles. The van der Waals surface area contributed by atoms with Crippen LogP contribution in [0.25, 0.3) is 0 Å². The van der Waals surface area contributed by atoms with Crippen molar-refractivity contribution in [1.82, 2.24) is 0 Å². The molecule has 0 aromatic rings. The lowest BCUT2D eigenvalue weighted by molar-refractivity contribution is -0.137. The van der Waals surface area contributed by atoms with Crippen molar-refractivity contribution >= 4 is 11.8 Å². The number of nitrogens with two attached hydrogens (primary N) is 2. The van der Waals surface area contributed by atoms with Crippen LogP contribution in [0.5, 0.6) is 0 Å². The maximum absolute atomic E-state index is 13.0. The smallest absolute Gasteiger partial charge is 0.324 e. The fourth-order valence-corrected chi connectivity index (χ4v) is 0.853. The SMILES string of the molecule is CC(N)=NCCCC(F)=C[C@H](N)C(=O)O. The molecule has 0 radical (unpaired) electrons. The molecule has 0 aliphatic rings. The van der Waals surface area contributed by atoms with Crippen LogP contribution in [0.3, 0.4) is 0 Å². The van der Waals surface area contributed by atoms with Gasteiger partial charge >= 0.3 is 5.97 Å². The van der Waals surface area contributed by atoms with Crippen LogP contribution >= 0.6 is 0 Å². The van der Waals surface area contributed by atoms with E-state index in [4.69, 9.17) is 16.6 Å². The Labute approximate surface area is 87.7 Å². The first-order valence-corrected chi connectivity index (χ1v) is 4.54. The highest BCUT2D eigenvalue weighted by molar-refractivity contribution is 5.77. The molecule has 0 fully saturated rings. The molecule has 15 heavy (non-hydrogen) atoms. The molecule has 0 spiro atoms. The van der Waals surface area contributed by atoms with Crippen molar-refractivity contribution in [2.45, 2.75) is 25.8 Å². The second-order valence-corrected chi connectivity index (χ2v) is 3.10. The Bertz CT molecular complexity index is 273. The third kappa shape index (κ3) is 7.63. The predicted molar refractivity (Wildman–Crippen MR) is 56.2 cm³/mol. The second kappa shape index (κ2) is 6.94. The number of nitrogens with zero attached hydrogens (tertiary/aromatic N) is 1. The first-order valence-electron chi connectivity index (χ1n) is 4.54. The normalized spacial score (nSPS) is 15.1. The van der Waals surface area contributed by atoms with Gasteiger partial charge < -0.3 is 16.6 Å². The fraction of sp³-hybridized carbons (Fsp3) is 0.556. The molecular weight excluding hydrogens is 201 g/mol. The van der Waals surface area contributed by atoms with Gasteiger partial charge in [-0.2, -0.15) is 0 Å². The number of hydrogen-bond acceptors (Lipinski definition) is 3. The third-order valence-corrected chi connectivity index (χ3v) is 1.58. The van der Waals surface area contributed by atoms with Crippen LogP contribution < -0.4 is 11.5 Å². The van der Waals surface area contributed by atoms with E-state index in [9.17, 15) is 9.18 Å². The Kier molecular flexibility index (Phi) is 6.28. The van der Waals surface area contributed by atoms with Crippen molar-refractivity contribution in [1.29, 1.82) is 0 Å². The van der Waals surface area contributed by atoms with Gasteiger partial charge in [0.1, 0.15) is 6.04 Å². The van der Waals surface area contributed by atoms with Gasteiger partial charge in [-0.1, -0.05) is 0 Å². The molecule has 0 heterocycles. The van der Waals surface area contributed by atoms with Crippen molar-refractivity contribution in [2.24, 2.45) is 16.5 Å². The van der Waals surface area contributed by atoms with E-state index < -0.39 is 17.8 Å². The Morgan fingerprint density at radius 2 is 2.27 bits per heavy atom. The largest absolute Gasteiger partial charge is 0.480 e. The molecule has 86 valence electrons. The minimum absolute atomic E-state index is 0.123. The van der Waals surface area contributed by atoms with Gasteiger partial charge in [-0.3, -0.25) is 9.79 Å². The fourth-order valence-electron chi connectivity index (χ4n) is 0.853. The highest BCUT2D eigenvalue weighted by atomic mass is 19.1. The zero-order valence-corrected chi connectivity index (χ0v) is 8.61. The summed E-state index contributed by atoms with van der Waals surface area (Å²) in [4.78, 5) is 14.1. The first kappa shape index (κ1) is 13.6. The number of carboxylic acid groups (broad SMARTS) is 1. The molecule has 1 atom stereocenters. The Morgan fingerprint density at radius 1 is 1.67 bits per heavy atom. The van der Waals surface area contributed by atoms with E-state index >= 15 is 0 Å². The zero-order chi connectivity index (χ0) is 11.8. The maximum Gasteiger partial charge on any atom is 0.324 e. The molecule has 5 nitrogen and oxygen atoms in total. The van der Waals surface area contributed by atoms with Crippen LogP contribution in [0.2, 0.25) is 0 Å². The van der Waals surface area contributed by atoms with Gasteiger partial charge in [0, 0.05) is 13.0 Å². The molecule has 0 aromatic carbocycles. The van der Waals surface area contributed by atoms with Crippen LogP contribution in [-0.2, 0) is 4.79 Å². The first-order chi connectivity index (χ1) is 6.93. The molecule has 0 saturated heterocycles. The number of allylic oxidation sites excluding steroid dienone is 1. The van der Waals surface area contributed by atoms with Crippen LogP contribution in [0.4, 0.5) is 4.39 Å². The minimum Gasteiger partial charge on any atom is -0.480 e. The van der Waals surface area contributed by atoms with E-state index in [-0.39, 0.29) is 6.42 Å². The minimum atomic E-state index is -1.29. The van der Waals surface area contributed by atoms with Gasteiger partial charge in [0.05, 0.1) is 11.7 Å². The van der Waals surface area contributed by atoms with E-state index in [0.29, 0.717) is 18.8 Å². The Morgan fingerprint density at radius 3 is 2.73 bits per heavy atom. The second-order valence-electron chi connectivity index (χ2n) is 3.10. The van der Waals surface area contributed by atoms with E-state index in [2.05, 4.69) is 4.99 Å². The van der Waals surface area contributed by atoms with Gasteiger partial charge in [0.2, 0.25) is 0 Å². The monoisotopic (exact) mass is 217 g/mol. The van der Waals surface area contributed by atoms with Crippen molar-refractivity contribution in [3.63, 3.8) is 0 Å². The lowest BCUT2D eigenvalue weighted by Gasteiger charge is -2.00. The number of aliphatic carboxylic acids is 1. The van der Waals surface area contributed by atoms with Gasteiger partial charge in [-0.15, -0.1) is 0 Å². The number of carboxylic acids is 1. The summed E-state index contributed by atoms with van der Waals surface area (Å²) in [6, 6.07) is -1.29. The average molecular weight is 217 g/mol. The number of amidine groups is 1. The van der Waals surface area contributed by atoms with Crippen LogP contribution in [0.1, 0.15) is 19.8 Å². The topological polar surface area (TPSA) is 102 Å². The van der Waals surface area contributed by atoms with Gasteiger partial charge in [0.25, 0.3) is 0 Å². The summed E-state index contributed by atoms with van der Waals surface area (Å²) >= 11 is 0. The summed E-state index contributed by atoms with van der Waals surface area (Å²) in [6.45, 7) is 2.07. The van der Waals surface area contributed by atoms with Crippen LogP contribution in [0.15, 0.2) is 16.9 Å². The molecule has 5 N–H and O–H groups in total. The van der Waals surface area contributed by atoms with Gasteiger partial charge in [-0.25, -0.2) is 4.39 Å². The number of hydrogen-bond donors (Lipinski definition) is 3. The number of rotatable bonds is 6. The summed E-state index contributed by atoms with van der Waals surface area (Å²) in [5.74, 6) is -1.34. The van der Waals surface area contributed by atoms with Gasteiger partial charge in [0.15, 0.2) is 0 Å². The number of halogens is 1. The highest BCUT2D eigenvalue weighted by Crippen LogP contribution is 2.07. The van der Waals surface area contributed by atoms with Crippen molar-refractivity contribution < 1.29 is 14.3 Å². The van der Waals surface area contributed by atoms with Crippen molar-refractivity contribution in [3.05, 3.63) is 11.9 Å². The van der Waals surface area contributed by atoms with E-state index in [0.717, 1.165) is 6.08 Å². The third-order valence-electron chi connectivity index (χ3n) is 1.58. The highest BCUT2D eigenvalue weighted by Gasteiger charge is 2.09. The number of aliphatic imine (C=N–C) groups is 1. The lowest BCUT2D eigenvalue weighted by atomic mass is 10.2. The molecule has 0 saturated carbocycles. The maximum atomic E-state index is 13.0. The van der Waals surface area contributed by atoms with Crippen LogP contribution in [0, 0.1) is 0 Å². The van der Waals surface area contributed by atoms with Crippen molar-refractivity contribution in [3.8, 4) is 0 Å². The number of carbonyl (C=O) groups is 1. The van der Waals surface area contributed by atoms with Crippen LogP contribution in [-0.4, -0.2) is 29.5 Å². The summed E-state index contributed by atoms with van der Waals surface area (Å²) in [6.07, 6.45) is 1.49. The standard InChI is InChI=1S/C9H16FN3O2/c1-6(11)13-4-2-3-7(10)5-8(12)9(14)15/h5,8H,2-4,12H2,1H3,(H2,11,13)(H,14,15)/t8-/m0/s1. The summed E-state index contributed by atoms with van der Waals surface area (Å²) < 4.78 is 13.0. The molecule has 6 heteroatoms. The Hall–Kier alpha value is -1.43. The molecule has 0 amide bonds. The summed E-state index contributed by atoms with van der Waals surface area (Å²) in [5.41, 5.74) is 10.4. The van der Waals surface area contributed by atoms with Crippen molar-refractivity contribution in [2.75, 3.05) is 6.54 Å². The van der Waals surface area contributed by atoms with E-state index in [1.807, 2.05) is 0 Å². The molecule has 0 bridgehead atoms. The molecular formula is C9H16FN3O2. The Balaban J connectivity index is 3.88. The van der Waals surface area contributed by atoms with E-state index in [1.165, 1.54) is 0 Å². The molecule has 0 rings (SSSR count). The molecule has 0 aliphatic carbocycles. The lowest BCUT2D eigenvalue weighted by Crippen LogP contribution is -2.27. The predicted octanol–water partition coefficient (Wildman–Crippen LogP) is 0.409. The average Bonchev–Trinajstić information content (AvgIpc) is 2.12. The quantitative estimate of drug-likeness (QED) is 0.340. The zero-order valence-electron chi connectivity index (χ0n) is 8.61. The van der Waals surface area contributed by atoms with E-state index in [1.54, 1.807) is 6.92 Å². The summed E-state index contributed by atoms with van der Waals surface area (Å²) in [5, 5.41) is 8.40.